The van der Waals surface area contributed by atoms with E-state index in [1.165, 1.54) is 0 Å². The number of imidazole rings is 1. The predicted octanol–water partition coefficient (Wildman–Crippen LogP) is 1.34. The molecule has 2 heterocycles. The highest BCUT2D eigenvalue weighted by molar-refractivity contribution is 5.84. The van der Waals surface area contributed by atoms with Crippen LogP contribution in [0.2, 0.25) is 0 Å². The fourth-order valence-electron chi connectivity index (χ4n) is 2.64. The van der Waals surface area contributed by atoms with Crippen LogP contribution in [0.5, 0.6) is 0 Å². The maximum Gasteiger partial charge on any atom is 0.224 e. The molecule has 112 valence electrons. The number of rotatable bonds is 5. The van der Waals surface area contributed by atoms with Gasteiger partial charge < -0.3 is 20.7 Å². The third-order valence-corrected chi connectivity index (χ3v) is 3.72. The Kier molecular flexibility index (Phi) is 3.74. The normalized spacial score (nSPS) is 21.2. The van der Waals surface area contributed by atoms with Crippen molar-refractivity contribution in [1.29, 1.82) is 0 Å². The summed E-state index contributed by atoms with van der Waals surface area (Å²) in [6.07, 6.45) is 7.74. The Morgan fingerprint density at radius 2 is 2.29 bits per heavy atom. The van der Waals surface area contributed by atoms with Gasteiger partial charge in [0.25, 0.3) is 0 Å². The lowest BCUT2D eigenvalue weighted by Crippen LogP contribution is -2.10. The molecule has 0 aromatic carbocycles. The van der Waals surface area contributed by atoms with Gasteiger partial charge in [-0.2, -0.15) is 9.97 Å². The summed E-state index contributed by atoms with van der Waals surface area (Å²) in [6, 6.07) is 0.153. The number of aliphatic hydroxyl groups is 1. The van der Waals surface area contributed by atoms with Crippen molar-refractivity contribution >= 4 is 22.9 Å². The summed E-state index contributed by atoms with van der Waals surface area (Å²) in [5.41, 5.74) is 7.28. The van der Waals surface area contributed by atoms with Crippen molar-refractivity contribution in [3.8, 4) is 0 Å². The van der Waals surface area contributed by atoms with E-state index in [4.69, 9.17) is 5.73 Å². The number of fused-ring (bicyclic) bond motifs is 1. The molecule has 0 spiro atoms. The fourth-order valence-corrected chi connectivity index (χ4v) is 2.64. The molecule has 1 aliphatic rings. The monoisotopic (exact) mass is 288 g/mol. The Bertz CT molecular complexity index is 665. The molecule has 7 heteroatoms. The van der Waals surface area contributed by atoms with E-state index in [1.807, 2.05) is 10.6 Å². The molecule has 0 aliphatic heterocycles. The molecule has 0 amide bonds. The number of hydrogen-bond donors (Lipinski definition) is 3. The lowest BCUT2D eigenvalue weighted by atomic mass is 10.1. The summed E-state index contributed by atoms with van der Waals surface area (Å²) >= 11 is 0. The maximum atomic E-state index is 9.25. The number of nitrogens with two attached hydrogens (primary N) is 1. The lowest BCUT2D eigenvalue weighted by molar-refractivity contribution is 0.244. The van der Waals surface area contributed by atoms with Gasteiger partial charge in [0.1, 0.15) is 0 Å². The Labute approximate surface area is 122 Å². The molecule has 1 unspecified atom stereocenters. The summed E-state index contributed by atoms with van der Waals surface area (Å²) in [7, 11) is 0. The molecule has 0 saturated heterocycles. The number of anilines is 2. The molecule has 4 N–H and O–H groups in total. The Balaban J connectivity index is 1.98. The number of aliphatic hydroxyl groups excluding tert-OH is 1. The zero-order valence-corrected chi connectivity index (χ0v) is 12.0. The first-order valence-corrected chi connectivity index (χ1v) is 7.26. The van der Waals surface area contributed by atoms with E-state index >= 15 is 0 Å². The van der Waals surface area contributed by atoms with Crippen LogP contribution in [0.25, 0.3) is 11.2 Å². The first-order valence-electron chi connectivity index (χ1n) is 7.26. The second-order valence-corrected chi connectivity index (χ2v) is 5.31. The third kappa shape index (κ3) is 2.56. The zero-order chi connectivity index (χ0) is 14.8. The van der Waals surface area contributed by atoms with Crippen molar-refractivity contribution < 1.29 is 5.11 Å². The number of nitrogens with zero attached hydrogens (tertiary/aromatic N) is 4. The molecule has 2 aromatic rings. The number of aromatic nitrogens is 4. The van der Waals surface area contributed by atoms with Crippen molar-refractivity contribution in [2.24, 2.45) is 5.92 Å². The number of nitrogens with one attached hydrogen (secondary N) is 1. The first-order chi connectivity index (χ1) is 10.2. The number of allylic oxidation sites excluding steroid dienone is 1. The molecule has 7 nitrogen and oxygen atoms in total. The molecule has 0 radical (unpaired) electrons. The van der Waals surface area contributed by atoms with Crippen LogP contribution >= 0.6 is 0 Å². The van der Waals surface area contributed by atoms with Crippen LogP contribution in [-0.2, 0) is 0 Å². The molecule has 2 atom stereocenters. The highest BCUT2D eigenvalue weighted by atomic mass is 16.3. The van der Waals surface area contributed by atoms with Crippen LogP contribution in [-0.4, -0.2) is 37.8 Å². The van der Waals surface area contributed by atoms with E-state index in [0.29, 0.717) is 5.82 Å². The van der Waals surface area contributed by atoms with E-state index in [2.05, 4.69) is 33.3 Å². The SMILES string of the molecule is CCCNc1nc(N)nc2c1ncn2[C@@H]1C=CC(CO)C1. The minimum Gasteiger partial charge on any atom is -0.396 e. The topological polar surface area (TPSA) is 102 Å². The molecular weight excluding hydrogens is 268 g/mol. The van der Waals surface area contributed by atoms with Gasteiger partial charge in [-0.25, -0.2) is 4.98 Å². The van der Waals surface area contributed by atoms with Gasteiger partial charge in [-0.3, -0.25) is 0 Å². The molecular formula is C14H20N6O. The number of nitrogen functional groups attached to an aromatic ring is 1. The summed E-state index contributed by atoms with van der Waals surface area (Å²) in [5.74, 6) is 1.12. The lowest BCUT2D eigenvalue weighted by Gasteiger charge is -2.13. The van der Waals surface area contributed by atoms with Crippen molar-refractivity contribution in [2.45, 2.75) is 25.8 Å². The van der Waals surface area contributed by atoms with Gasteiger partial charge in [0.2, 0.25) is 5.95 Å². The zero-order valence-electron chi connectivity index (χ0n) is 12.0. The highest BCUT2D eigenvalue weighted by Gasteiger charge is 2.22. The first kappa shape index (κ1) is 13.8. The minimum absolute atomic E-state index is 0.153. The van der Waals surface area contributed by atoms with E-state index in [9.17, 15) is 5.11 Å². The Morgan fingerprint density at radius 3 is 3.00 bits per heavy atom. The standard InChI is InChI=1S/C14H20N6O/c1-2-5-16-12-11-13(19-14(15)18-12)20(8-17-11)10-4-3-9(6-10)7-21/h3-4,8-10,21H,2,5-7H2,1H3,(H3,15,16,18,19)/t9?,10-/m1/s1. The maximum absolute atomic E-state index is 9.25. The van der Waals surface area contributed by atoms with Gasteiger partial charge >= 0.3 is 0 Å². The van der Waals surface area contributed by atoms with Crippen molar-refractivity contribution in [1.82, 2.24) is 19.5 Å². The van der Waals surface area contributed by atoms with E-state index < -0.39 is 0 Å². The van der Waals surface area contributed by atoms with Crippen molar-refractivity contribution in [3.63, 3.8) is 0 Å². The third-order valence-electron chi connectivity index (χ3n) is 3.72. The molecule has 3 rings (SSSR count). The van der Waals surface area contributed by atoms with Crippen LogP contribution in [0, 0.1) is 5.92 Å². The molecule has 0 fully saturated rings. The van der Waals surface area contributed by atoms with Crippen LogP contribution in [0.3, 0.4) is 0 Å². The minimum atomic E-state index is 0.153. The van der Waals surface area contributed by atoms with E-state index in [0.717, 1.165) is 30.6 Å². The molecule has 1 aliphatic carbocycles. The van der Waals surface area contributed by atoms with Gasteiger partial charge in [0.05, 0.1) is 12.4 Å². The van der Waals surface area contributed by atoms with Crippen LogP contribution < -0.4 is 11.1 Å². The molecule has 21 heavy (non-hydrogen) atoms. The number of hydrogen-bond acceptors (Lipinski definition) is 6. The molecule has 0 saturated carbocycles. The molecule has 2 aromatic heterocycles. The summed E-state index contributed by atoms with van der Waals surface area (Å²) in [4.78, 5) is 13.0. The van der Waals surface area contributed by atoms with Gasteiger partial charge in [0, 0.05) is 19.1 Å². The summed E-state index contributed by atoms with van der Waals surface area (Å²) in [5, 5.41) is 12.5. The van der Waals surface area contributed by atoms with Gasteiger partial charge in [-0.15, -0.1) is 0 Å². The van der Waals surface area contributed by atoms with E-state index in [-0.39, 0.29) is 24.5 Å². The smallest absolute Gasteiger partial charge is 0.224 e. The summed E-state index contributed by atoms with van der Waals surface area (Å²) < 4.78 is 2.00. The van der Waals surface area contributed by atoms with Crippen molar-refractivity contribution in [2.75, 3.05) is 24.2 Å². The van der Waals surface area contributed by atoms with Gasteiger partial charge in [-0.1, -0.05) is 19.1 Å². The Hall–Kier alpha value is -2.15. The fraction of sp³-hybridized carbons (Fsp3) is 0.500. The van der Waals surface area contributed by atoms with Crippen LogP contribution in [0.4, 0.5) is 11.8 Å². The Morgan fingerprint density at radius 1 is 1.43 bits per heavy atom. The molecule has 0 bridgehead atoms. The quantitative estimate of drug-likeness (QED) is 0.718. The largest absolute Gasteiger partial charge is 0.396 e. The average molecular weight is 288 g/mol. The second kappa shape index (κ2) is 5.69. The second-order valence-electron chi connectivity index (χ2n) is 5.31. The van der Waals surface area contributed by atoms with Crippen molar-refractivity contribution in [3.05, 3.63) is 18.5 Å². The summed E-state index contributed by atoms with van der Waals surface area (Å²) in [6.45, 7) is 3.07. The predicted molar refractivity (Wildman–Crippen MR) is 81.9 cm³/mol. The highest BCUT2D eigenvalue weighted by Crippen LogP contribution is 2.31. The van der Waals surface area contributed by atoms with Crippen LogP contribution in [0.15, 0.2) is 18.5 Å². The van der Waals surface area contributed by atoms with Crippen LogP contribution in [0.1, 0.15) is 25.8 Å². The van der Waals surface area contributed by atoms with Gasteiger partial charge in [-0.05, 0) is 12.8 Å². The van der Waals surface area contributed by atoms with Gasteiger partial charge in [0.15, 0.2) is 17.0 Å². The average Bonchev–Trinajstić information content (AvgIpc) is 3.10. The van der Waals surface area contributed by atoms with E-state index in [1.54, 1.807) is 6.33 Å².